The summed E-state index contributed by atoms with van der Waals surface area (Å²) in [5, 5.41) is 8.05. The van der Waals surface area contributed by atoms with Crippen LogP contribution >= 0.6 is 11.3 Å². The molecular weight excluding hydrogens is 360 g/mol. The molecule has 0 aliphatic rings. The van der Waals surface area contributed by atoms with Crippen LogP contribution in [0.25, 0.3) is 10.2 Å². The van der Waals surface area contributed by atoms with Crippen LogP contribution in [0.2, 0.25) is 0 Å². The molecule has 0 radical (unpaired) electrons. The zero-order valence-corrected chi connectivity index (χ0v) is 16.3. The third kappa shape index (κ3) is 4.83. The van der Waals surface area contributed by atoms with Crippen LogP contribution in [0.1, 0.15) is 19.4 Å². The molecule has 0 spiro atoms. The second-order valence-corrected chi connectivity index (χ2v) is 7.20. The van der Waals surface area contributed by atoms with Crippen molar-refractivity contribution in [2.45, 2.75) is 26.3 Å². The van der Waals surface area contributed by atoms with Crippen LogP contribution in [0.4, 0.5) is 5.13 Å². The molecule has 2 N–H and O–H groups in total. The minimum absolute atomic E-state index is 0.214. The van der Waals surface area contributed by atoms with Crippen molar-refractivity contribution >= 4 is 38.3 Å². The first-order valence-electron chi connectivity index (χ1n) is 8.64. The van der Waals surface area contributed by atoms with Crippen LogP contribution < -0.4 is 15.5 Å². The molecule has 1 amide bonds. The standard InChI is InChI=1S/C20H22N4O2S/c1-13(12-15-8-4-6-10-17(15)26-3)23-24-19(25)14(2)21-20-22-16-9-5-7-11-18(16)27-20/h4-11,14H,12H2,1-3H3,(H,21,22)(H,24,25)/b23-13-/t14-/m0/s1. The summed E-state index contributed by atoms with van der Waals surface area (Å²) in [6, 6.07) is 15.2. The van der Waals surface area contributed by atoms with Crippen LogP contribution in [-0.4, -0.2) is 29.8 Å². The van der Waals surface area contributed by atoms with Crippen molar-refractivity contribution in [2.24, 2.45) is 5.10 Å². The quantitative estimate of drug-likeness (QED) is 0.481. The van der Waals surface area contributed by atoms with Crippen LogP contribution in [0.5, 0.6) is 5.75 Å². The number of nitrogens with one attached hydrogen (secondary N) is 2. The second-order valence-electron chi connectivity index (χ2n) is 6.16. The molecule has 0 bridgehead atoms. The Morgan fingerprint density at radius 3 is 2.74 bits per heavy atom. The van der Waals surface area contributed by atoms with Gasteiger partial charge in [0.1, 0.15) is 11.8 Å². The van der Waals surface area contributed by atoms with Gasteiger partial charge in [-0.2, -0.15) is 5.10 Å². The Bertz CT molecular complexity index is 934. The van der Waals surface area contributed by atoms with Crippen LogP contribution in [0, 0.1) is 0 Å². The number of hydrazone groups is 1. The largest absolute Gasteiger partial charge is 0.496 e. The fraction of sp³-hybridized carbons (Fsp3) is 0.250. The molecule has 0 unspecified atom stereocenters. The number of fused-ring (bicyclic) bond motifs is 1. The molecule has 1 heterocycles. The van der Waals surface area contributed by atoms with E-state index in [1.54, 1.807) is 14.0 Å². The van der Waals surface area contributed by atoms with Crippen molar-refractivity contribution < 1.29 is 9.53 Å². The molecule has 0 saturated heterocycles. The third-order valence-corrected chi connectivity index (χ3v) is 4.99. The number of methoxy groups -OCH3 is 1. The van der Waals surface area contributed by atoms with Gasteiger partial charge >= 0.3 is 0 Å². The summed E-state index contributed by atoms with van der Waals surface area (Å²) in [6.07, 6.45) is 0.601. The summed E-state index contributed by atoms with van der Waals surface area (Å²) < 4.78 is 6.42. The molecule has 0 aliphatic carbocycles. The van der Waals surface area contributed by atoms with E-state index < -0.39 is 6.04 Å². The molecule has 3 rings (SSSR count). The zero-order chi connectivity index (χ0) is 19.2. The van der Waals surface area contributed by atoms with Crippen molar-refractivity contribution in [2.75, 3.05) is 12.4 Å². The molecule has 140 valence electrons. The molecule has 27 heavy (non-hydrogen) atoms. The predicted octanol–water partition coefficient (Wildman–Crippen LogP) is 3.84. The summed E-state index contributed by atoms with van der Waals surface area (Å²) in [5.74, 6) is 0.595. The lowest BCUT2D eigenvalue weighted by molar-refractivity contribution is -0.121. The topological polar surface area (TPSA) is 75.6 Å². The highest BCUT2D eigenvalue weighted by Gasteiger charge is 2.14. The van der Waals surface area contributed by atoms with Crippen molar-refractivity contribution in [3.8, 4) is 5.75 Å². The lowest BCUT2D eigenvalue weighted by atomic mass is 10.1. The maximum Gasteiger partial charge on any atom is 0.262 e. The van der Waals surface area contributed by atoms with Crippen molar-refractivity contribution in [3.63, 3.8) is 0 Å². The summed E-state index contributed by atoms with van der Waals surface area (Å²) in [4.78, 5) is 16.8. The van der Waals surface area contributed by atoms with E-state index in [2.05, 4.69) is 20.8 Å². The van der Waals surface area contributed by atoms with Crippen molar-refractivity contribution in [1.82, 2.24) is 10.4 Å². The van der Waals surface area contributed by atoms with Crippen LogP contribution in [0.15, 0.2) is 53.6 Å². The number of carbonyl (C=O) groups is 1. The highest BCUT2D eigenvalue weighted by molar-refractivity contribution is 7.22. The predicted molar refractivity (Wildman–Crippen MR) is 111 cm³/mol. The number of anilines is 1. The number of benzene rings is 2. The third-order valence-electron chi connectivity index (χ3n) is 4.02. The normalized spacial score (nSPS) is 12.6. The number of thiazole rings is 1. The fourth-order valence-corrected chi connectivity index (χ4v) is 3.55. The Balaban J connectivity index is 1.57. The Hall–Kier alpha value is -2.93. The number of carbonyl (C=O) groups excluding carboxylic acids is 1. The van der Waals surface area contributed by atoms with Gasteiger partial charge in [-0.1, -0.05) is 41.7 Å². The molecular formula is C20H22N4O2S. The summed E-state index contributed by atoms with van der Waals surface area (Å²) in [6.45, 7) is 3.66. The monoisotopic (exact) mass is 382 g/mol. The van der Waals surface area contributed by atoms with E-state index in [-0.39, 0.29) is 5.91 Å². The summed E-state index contributed by atoms with van der Waals surface area (Å²) >= 11 is 1.52. The van der Waals surface area contributed by atoms with Gasteiger partial charge in [0.15, 0.2) is 5.13 Å². The van der Waals surface area contributed by atoms with Gasteiger partial charge in [-0.25, -0.2) is 10.4 Å². The number of aromatic nitrogens is 1. The maximum atomic E-state index is 12.3. The van der Waals surface area contributed by atoms with Crippen LogP contribution in [-0.2, 0) is 11.2 Å². The average Bonchev–Trinajstić information content (AvgIpc) is 3.08. The molecule has 2 aromatic carbocycles. The minimum atomic E-state index is -0.451. The Labute approximate surface area is 162 Å². The average molecular weight is 382 g/mol. The molecule has 3 aromatic rings. The number of ether oxygens (including phenoxy) is 1. The fourth-order valence-electron chi connectivity index (χ4n) is 2.60. The molecule has 1 atom stereocenters. The zero-order valence-electron chi connectivity index (χ0n) is 15.5. The van der Waals surface area contributed by atoms with Gasteiger partial charge in [0.25, 0.3) is 5.91 Å². The number of hydrogen-bond acceptors (Lipinski definition) is 6. The van der Waals surface area contributed by atoms with E-state index in [1.807, 2.05) is 55.5 Å². The number of rotatable bonds is 7. The molecule has 0 aliphatic heterocycles. The van der Waals surface area contributed by atoms with Gasteiger partial charge in [-0.05, 0) is 37.6 Å². The van der Waals surface area contributed by atoms with Gasteiger partial charge in [0.2, 0.25) is 0 Å². The number of hydrogen-bond donors (Lipinski definition) is 2. The van der Waals surface area contributed by atoms with Gasteiger partial charge < -0.3 is 10.1 Å². The molecule has 0 saturated carbocycles. The lowest BCUT2D eigenvalue weighted by Crippen LogP contribution is -2.35. The molecule has 6 nitrogen and oxygen atoms in total. The highest BCUT2D eigenvalue weighted by Crippen LogP contribution is 2.25. The minimum Gasteiger partial charge on any atom is -0.496 e. The van der Waals surface area contributed by atoms with Gasteiger partial charge in [-0.3, -0.25) is 4.79 Å². The second kappa shape index (κ2) is 8.64. The first-order chi connectivity index (χ1) is 13.1. The first kappa shape index (κ1) is 18.8. The van der Waals surface area contributed by atoms with Crippen molar-refractivity contribution in [1.29, 1.82) is 0 Å². The van der Waals surface area contributed by atoms with E-state index in [4.69, 9.17) is 4.74 Å². The van der Waals surface area contributed by atoms with E-state index >= 15 is 0 Å². The summed E-state index contributed by atoms with van der Waals surface area (Å²) in [5.41, 5.74) is 5.35. The number of nitrogens with zero attached hydrogens (tertiary/aromatic N) is 2. The Morgan fingerprint density at radius 2 is 1.96 bits per heavy atom. The van der Waals surface area contributed by atoms with Crippen LogP contribution in [0.3, 0.4) is 0 Å². The number of amides is 1. The smallest absolute Gasteiger partial charge is 0.262 e. The molecule has 7 heteroatoms. The van der Waals surface area contributed by atoms with Gasteiger partial charge in [0.05, 0.1) is 17.3 Å². The summed E-state index contributed by atoms with van der Waals surface area (Å²) in [7, 11) is 1.64. The Morgan fingerprint density at radius 1 is 1.22 bits per heavy atom. The van der Waals surface area contributed by atoms with E-state index in [0.717, 1.165) is 27.2 Å². The lowest BCUT2D eigenvalue weighted by Gasteiger charge is -2.11. The molecule has 0 fully saturated rings. The highest BCUT2D eigenvalue weighted by atomic mass is 32.1. The van der Waals surface area contributed by atoms with Gasteiger partial charge in [-0.15, -0.1) is 0 Å². The van der Waals surface area contributed by atoms with E-state index in [9.17, 15) is 4.79 Å². The van der Waals surface area contributed by atoms with E-state index in [1.165, 1.54) is 11.3 Å². The van der Waals surface area contributed by atoms with Crippen molar-refractivity contribution in [3.05, 3.63) is 54.1 Å². The maximum absolute atomic E-state index is 12.3. The SMILES string of the molecule is COc1ccccc1C/C(C)=N\NC(=O)[C@H](C)Nc1nc2ccccc2s1. The molecule has 1 aromatic heterocycles. The van der Waals surface area contributed by atoms with Gasteiger partial charge in [0, 0.05) is 12.1 Å². The first-order valence-corrected chi connectivity index (χ1v) is 9.45. The Kier molecular flexibility index (Phi) is 6.03. The number of para-hydroxylation sites is 2. The van der Waals surface area contributed by atoms with E-state index in [0.29, 0.717) is 11.6 Å².